The lowest BCUT2D eigenvalue weighted by atomic mass is 10.2. The maximum absolute atomic E-state index is 13.4. The van der Waals surface area contributed by atoms with Crippen molar-refractivity contribution in [3.05, 3.63) is 46.7 Å². The number of nitrogens with zero attached hydrogens (tertiary/aromatic N) is 1. The van der Waals surface area contributed by atoms with E-state index in [1.807, 2.05) is 12.3 Å². The van der Waals surface area contributed by atoms with E-state index >= 15 is 0 Å². The monoisotopic (exact) mass is 337 g/mol. The summed E-state index contributed by atoms with van der Waals surface area (Å²) in [5, 5.41) is 8.40. The minimum atomic E-state index is -0.418. The van der Waals surface area contributed by atoms with Gasteiger partial charge in [-0.25, -0.2) is 14.2 Å². The van der Waals surface area contributed by atoms with Crippen molar-refractivity contribution >= 4 is 17.4 Å². The van der Waals surface area contributed by atoms with Crippen LogP contribution in [0, 0.1) is 5.82 Å². The first kappa shape index (κ1) is 17.2. The maximum Gasteiger partial charge on any atom is 0.315 e. The van der Waals surface area contributed by atoms with Crippen LogP contribution in [-0.2, 0) is 0 Å². The molecule has 0 bridgehead atoms. The Morgan fingerprint density at radius 2 is 2.17 bits per heavy atom. The molecule has 2 rings (SSSR count). The van der Waals surface area contributed by atoms with Gasteiger partial charge in [0.2, 0.25) is 0 Å². The maximum atomic E-state index is 13.4. The summed E-state index contributed by atoms with van der Waals surface area (Å²) in [5.74, 6) is -0.241. The number of amides is 2. The van der Waals surface area contributed by atoms with E-state index in [2.05, 4.69) is 15.6 Å². The van der Waals surface area contributed by atoms with Crippen molar-refractivity contribution in [2.24, 2.45) is 0 Å². The second kappa shape index (κ2) is 8.47. The van der Waals surface area contributed by atoms with Crippen molar-refractivity contribution in [2.45, 2.75) is 32.4 Å². The standard InChI is InChI=1S/C16H20FN3O2S/c1-3-13(15-18-8-9-23-15)20-16(21)19-11(2)10-22-14-7-5-4-6-12(14)17/h4-9,11,13H,3,10H2,1-2H3,(H2,19,20,21)/t11-,13+/m1/s1. The molecule has 1 aromatic heterocycles. The number of carbonyl (C=O) groups excluding carboxylic acids is 1. The van der Waals surface area contributed by atoms with Crippen LogP contribution in [-0.4, -0.2) is 23.7 Å². The Morgan fingerprint density at radius 3 is 2.83 bits per heavy atom. The first-order chi connectivity index (χ1) is 11.1. The van der Waals surface area contributed by atoms with E-state index in [0.717, 1.165) is 11.4 Å². The van der Waals surface area contributed by atoms with Gasteiger partial charge in [0, 0.05) is 11.6 Å². The summed E-state index contributed by atoms with van der Waals surface area (Å²) in [5.41, 5.74) is 0. The van der Waals surface area contributed by atoms with E-state index in [-0.39, 0.29) is 30.5 Å². The Balaban J connectivity index is 1.79. The quantitative estimate of drug-likeness (QED) is 0.813. The van der Waals surface area contributed by atoms with Gasteiger partial charge in [-0.3, -0.25) is 0 Å². The molecule has 7 heteroatoms. The van der Waals surface area contributed by atoms with Gasteiger partial charge in [-0.15, -0.1) is 11.3 Å². The number of hydrogen-bond donors (Lipinski definition) is 2. The summed E-state index contributed by atoms with van der Waals surface area (Å²) < 4.78 is 18.8. The normalized spacial score (nSPS) is 13.2. The molecule has 23 heavy (non-hydrogen) atoms. The van der Waals surface area contributed by atoms with Crippen molar-refractivity contribution in [3.63, 3.8) is 0 Å². The van der Waals surface area contributed by atoms with Gasteiger partial charge < -0.3 is 15.4 Å². The SMILES string of the molecule is CC[C@H](NC(=O)N[C@H](C)COc1ccccc1F)c1nccs1. The number of ether oxygens (including phenoxy) is 1. The molecule has 2 amide bonds. The van der Waals surface area contributed by atoms with Gasteiger partial charge in [0.05, 0.1) is 12.1 Å². The van der Waals surface area contributed by atoms with E-state index in [4.69, 9.17) is 4.74 Å². The van der Waals surface area contributed by atoms with Crippen LogP contribution in [0.4, 0.5) is 9.18 Å². The number of urea groups is 1. The van der Waals surface area contributed by atoms with E-state index in [0.29, 0.717) is 0 Å². The van der Waals surface area contributed by atoms with Crippen molar-refractivity contribution in [1.29, 1.82) is 0 Å². The van der Waals surface area contributed by atoms with Crippen molar-refractivity contribution in [1.82, 2.24) is 15.6 Å². The highest BCUT2D eigenvalue weighted by Gasteiger charge is 2.16. The molecular formula is C16H20FN3O2S. The van der Waals surface area contributed by atoms with Gasteiger partial charge in [0.15, 0.2) is 11.6 Å². The van der Waals surface area contributed by atoms with Crippen molar-refractivity contribution < 1.29 is 13.9 Å². The fourth-order valence-electron chi connectivity index (χ4n) is 1.99. The summed E-state index contributed by atoms with van der Waals surface area (Å²) in [4.78, 5) is 16.2. The van der Waals surface area contributed by atoms with Gasteiger partial charge in [0.25, 0.3) is 0 Å². The molecule has 0 fully saturated rings. The molecule has 0 saturated carbocycles. The van der Waals surface area contributed by atoms with Crippen LogP contribution in [0.15, 0.2) is 35.8 Å². The Morgan fingerprint density at radius 1 is 1.39 bits per heavy atom. The number of thiazole rings is 1. The molecule has 124 valence electrons. The zero-order valence-electron chi connectivity index (χ0n) is 13.1. The van der Waals surface area contributed by atoms with E-state index in [1.165, 1.54) is 17.4 Å². The highest BCUT2D eigenvalue weighted by atomic mass is 32.1. The fourth-order valence-corrected chi connectivity index (χ4v) is 2.76. The molecule has 0 radical (unpaired) electrons. The molecule has 0 aliphatic rings. The number of benzene rings is 1. The highest BCUT2D eigenvalue weighted by molar-refractivity contribution is 7.09. The van der Waals surface area contributed by atoms with Crippen molar-refractivity contribution in [3.8, 4) is 5.75 Å². The number of nitrogens with one attached hydrogen (secondary N) is 2. The Hall–Kier alpha value is -2.15. The van der Waals surface area contributed by atoms with Crippen LogP contribution in [0.5, 0.6) is 5.75 Å². The summed E-state index contributed by atoms with van der Waals surface area (Å²) >= 11 is 1.51. The highest BCUT2D eigenvalue weighted by Crippen LogP contribution is 2.18. The van der Waals surface area contributed by atoms with Crippen molar-refractivity contribution in [2.75, 3.05) is 6.61 Å². The minimum absolute atomic E-state index is 0.116. The smallest absolute Gasteiger partial charge is 0.315 e. The van der Waals surface area contributed by atoms with Gasteiger partial charge in [-0.2, -0.15) is 0 Å². The topological polar surface area (TPSA) is 63.2 Å². The summed E-state index contributed by atoms with van der Waals surface area (Å²) in [7, 11) is 0. The molecule has 2 aromatic rings. The molecule has 2 N–H and O–H groups in total. The number of aromatic nitrogens is 1. The largest absolute Gasteiger partial charge is 0.488 e. The van der Waals surface area contributed by atoms with Crippen LogP contribution >= 0.6 is 11.3 Å². The second-order valence-corrected chi connectivity index (χ2v) is 6.02. The summed E-state index contributed by atoms with van der Waals surface area (Å²) in [6.45, 7) is 3.96. The minimum Gasteiger partial charge on any atom is -0.488 e. The number of hydrogen-bond acceptors (Lipinski definition) is 4. The van der Waals surface area contributed by atoms with Crippen LogP contribution < -0.4 is 15.4 Å². The molecule has 0 spiro atoms. The average Bonchev–Trinajstić information content (AvgIpc) is 3.06. The molecule has 5 nitrogen and oxygen atoms in total. The molecule has 0 aliphatic carbocycles. The first-order valence-corrected chi connectivity index (χ1v) is 8.31. The molecule has 0 aliphatic heterocycles. The van der Waals surface area contributed by atoms with Gasteiger partial charge >= 0.3 is 6.03 Å². The Labute approximate surface area is 138 Å². The lowest BCUT2D eigenvalue weighted by Crippen LogP contribution is -2.44. The molecule has 1 heterocycles. The van der Waals surface area contributed by atoms with Gasteiger partial charge in [-0.05, 0) is 25.5 Å². The lowest BCUT2D eigenvalue weighted by molar-refractivity contribution is 0.221. The second-order valence-electron chi connectivity index (χ2n) is 5.09. The van der Waals surface area contributed by atoms with Crippen LogP contribution in [0.1, 0.15) is 31.3 Å². The molecule has 0 unspecified atom stereocenters. The molecule has 1 aromatic carbocycles. The molecule has 2 atom stereocenters. The number of halogens is 1. The Bertz CT molecular complexity index is 622. The third kappa shape index (κ3) is 5.21. The van der Waals surface area contributed by atoms with Gasteiger partial charge in [0.1, 0.15) is 11.6 Å². The summed E-state index contributed by atoms with van der Waals surface area (Å²) in [6, 6.07) is 5.51. The van der Waals surface area contributed by atoms with Crippen LogP contribution in [0.2, 0.25) is 0 Å². The van der Waals surface area contributed by atoms with E-state index in [1.54, 1.807) is 31.3 Å². The van der Waals surface area contributed by atoms with E-state index in [9.17, 15) is 9.18 Å². The fraction of sp³-hybridized carbons (Fsp3) is 0.375. The van der Waals surface area contributed by atoms with E-state index < -0.39 is 5.82 Å². The number of carbonyl (C=O) groups is 1. The summed E-state index contributed by atoms with van der Waals surface area (Å²) in [6.07, 6.45) is 2.47. The number of para-hydroxylation sites is 1. The number of rotatable bonds is 7. The average molecular weight is 337 g/mol. The molecule has 0 saturated heterocycles. The third-order valence-electron chi connectivity index (χ3n) is 3.17. The predicted octanol–water partition coefficient (Wildman–Crippen LogP) is 3.50. The van der Waals surface area contributed by atoms with Crippen LogP contribution in [0.3, 0.4) is 0 Å². The lowest BCUT2D eigenvalue weighted by Gasteiger charge is -2.19. The zero-order valence-corrected chi connectivity index (χ0v) is 13.9. The van der Waals surface area contributed by atoms with Gasteiger partial charge in [-0.1, -0.05) is 19.1 Å². The zero-order chi connectivity index (χ0) is 16.7. The van der Waals surface area contributed by atoms with Crippen LogP contribution in [0.25, 0.3) is 0 Å². The molecular weight excluding hydrogens is 317 g/mol. The Kier molecular flexibility index (Phi) is 6.34. The third-order valence-corrected chi connectivity index (χ3v) is 4.06. The predicted molar refractivity (Wildman–Crippen MR) is 88.2 cm³/mol. The first-order valence-electron chi connectivity index (χ1n) is 7.44.